The van der Waals surface area contributed by atoms with E-state index in [1.165, 1.54) is 0 Å². The average molecular weight is 287 g/mol. The van der Waals surface area contributed by atoms with Crippen molar-refractivity contribution in [1.29, 1.82) is 0 Å². The third kappa shape index (κ3) is 1.69. The van der Waals surface area contributed by atoms with Gasteiger partial charge in [0.05, 0.1) is 16.2 Å². The molecule has 2 aromatic rings. The van der Waals surface area contributed by atoms with Gasteiger partial charge in [0.15, 0.2) is 0 Å². The molecule has 3 N–H and O–H groups in total. The number of fused-ring (bicyclic) bond motifs is 1. The van der Waals surface area contributed by atoms with Crippen molar-refractivity contribution in [2.75, 3.05) is 5.43 Å². The Morgan fingerprint density at radius 2 is 2.27 bits per heavy atom. The van der Waals surface area contributed by atoms with Crippen molar-refractivity contribution >= 4 is 44.1 Å². The van der Waals surface area contributed by atoms with Crippen molar-refractivity contribution in [3.05, 3.63) is 33.4 Å². The minimum Gasteiger partial charge on any atom is -0.323 e. The summed E-state index contributed by atoms with van der Waals surface area (Å²) in [5.74, 6) is 5.43. The fourth-order valence-corrected chi connectivity index (χ4v) is 2.39. The number of anilines is 1. The van der Waals surface area contributed by atoms with Crippen molar-refractivity contribution in [1.82, 2.24) is 4.98 Å². The van der Waals surface area contributed by atoms with Crippen molar-refractivity contribution < 1.29 is 0 Å². The van der Waals surface area contributed by atoms with Gasteiger partial charge in [0.1, 0.15) is 0 Å². The third-order valence-electron chi connectivity index (χ3n) is 2.24. The van der Waals surface area contributed by atoms with E-state index in [4.69, 9.17) is 17.4 Å². The van der Waals surface area contributed by atoms with Gasteiger partial charge in [-0.05, 0) is 40.5 Å². The van der Waals surface area contributed by atoms with E-state index in [2.05, 4.69) is 26.3 Å². The molecule has 0 amide bonds. The van der Waals surface area contributed by atoms with Crippen LogP contribution in [0, 0.1) is 6.92 Å². The fraction of sp³-hybridized carbons (Fsp3) is 0.100. The van der Waals surface area contributed by atoms with Crippen LogP contribution >= 0.6 is 27.5 Å². The molecular formula is C10H9BrClN3. The van der Waals surface area contributed by atoms with Crippen LogP contribution in [-0.2, 0) is 0 Å². The van der Waals surface area contributed by atoms with Crippen LogP contribution in [0.1, 0.15) is 5.56 Å². The zero-order valence-corrected chi connectivity index (χ0v) is 10.4. The van der Waals surface area contributed by atoms with Gasteiger partial charge in [-0.3, -0.25) is 10.8 Å². The van der Waals surface area contributed by atoms with Gasteiger partial charge in [0.2, 0.25) is 0 Å². The van der Waals surface area contributed by atoms with Crippen LogP contribution in [0.25, 0.3) is 10.9 Å². The van der Waals surface area contributed by atoms with Crippen molar-refractivity contribution in [2.45, 2.75) is 6.92 Å². The summed E-state index contributed by atoms with van der Waals surface area (Å²) in [6.45, 7) is 1.94. The molecule has 0 radical (unpaired) electrons. The number of halogens is 2. The molecule has 0 saturated carbocycles. The average Bonchev–Trinajstić information content (AvgIpc) is 2.25. The van der Waals surface area contributed by atoms with Gasteiger partial charge in [-0.15, -0.1) is 0 Å². The number of aromatic nitrogens is 1. The molecule has 0 bridgehead atoms. The van der Waals surface area contributed by atoms with Crippen LogP contribution in [0.15, 0.2) is 22.8 Å². The normalized spacial score (nSPS) is 10.7. The summed E-state index contributed by atoms with van der Waals surface area (Å²) >= 11 is 9.68. The number of nitrogens with zero attached hydrogens (tertiary/aromatic N) is 1. The molecule has 78 valence electrons. The molecule has 0 atom stereocenters. The highest BCUT2D eigenvalue weighted by atomic mass is 79.9. The van der Waals surface area contributed by atoms with Crippen molar-refractivity contribution in [2.24, 2.45) is 5.84 Å². The lowest BCUT2D eigenvalue weighted by Crippen LogP contribution is -2.07. The van der Waals surface area contributed by atoms with Crippen molar-refractivity contribution in [3.63, 3.8) is 0 Å². The lowest BCUT2D eigenvalue weighted by Gasteiger charge is -2.10. The lowest BCUT2D eigenvalue weighted by atomic mass is 10.1. The number of benzene rings is 1. The first kappa shape index (κ1) is 10.7. The molecule has 0 unspecified atom stereocenters. The topological polar surface area (TPSA) is 50.9 Å². The van der Waals surface area contributed by atoms with Gasteiger partial charge < -0.3 is 5.43 Å². The Morgan fingerprint density at radius 1 is 1.53 bits per heavy atom. The number of nitrogen functional groups attached to an aromatic ring is 1. The molecule has 1 heterocycles. The molecule has 5 heteroatoms. The number of nitrogens with one attached hydrogen (secondary N) is 1. The Hall–Kier alpha value is -0.840. The molecule has 2 rings (SSSR count). The first-order valence-corrected chi connectivity index (χ1v) is 5.52. The van der Waals surface area contributed by atoms with E-state index in [1.807, 2.05) is 13.0 Å². The first-order valence-electron chi connectivity index (χ1n) is 4.35. The third-order valence-corrected chi connectivity index (χ3v) is 3.33. The SMILES string of the molecule is Cc1cc(Br)c2nccc(NN)c2c1Cl. The smallest absolute Gasteiger partial charge is 0.0880 e. The first-order chi connectivity index (χ1) is 7.15. The Morgan fingerprint density at radius 3 is 2.93 bits per heavy atom. The zero-order chi connectivity index (χ0) is 11.0. The summed E-state index contributed by atoms with van der Waals surface area (Å²) in [4.78, 5) is 4.26. The van der Waals surface area contributed by atoms with Crippen molar-refractivity contribution in [3.8, 4) is 0 Å². The number of hydrogen-bond acceptors (Lipinski definition) is 3. The predicted octanol–water partition coefficient (Wildman–Crippen LogP) is 3.24. The van der Waals surface area contributed by atoms with E-state index in [-0.39, 0.29) is 0 Å². The Balaban J connectivity index is 2.96. The zero-order valence-electron chi connectivity index (χ0n) is 8.01. The number of rotatable bonds is 1. The second kappa shape index (κ2) is 3.96. The number of aryl methyl sites for hydroxylation is 1. The second-order valence-corrected chi connectivity index (χ2v) is 4.45. The second-order valence-electron chi connectivity index (χ2n) is 3.22. The summed E-state index contributed by atoms with van der Waals surface area (Å²) in [6.07, 6.45) is 1.69. The predicted molar refractivity (Wildman–Crippen MR) is 67.0 cm³/mol. The molecule has 0 aliphatic heterocycles. The van der Waals surface area contributed by atoms with Crippen LogP contribution in [-0.4, -0.2) is 4.98 Å². The van der Waals surface area contributed by atoms with E-state index < -0.39 is 0 Å². The van der Waals surface area contributed by atoms with Gasteiger partial charge in [-0.2, -0.15) is 0 Å². The molecule has 1 aromatic heterocycles. The van der Waals surface area contributed by atoms with E-state index in [0.717, 1.165) is 26.6 Å². The maximum Gasteiger partial charge on any atom is 0.0880 e. The van der Waals surface area contributed by atoms with Gasteiger partial charge >= 0.3 is 0 Å². The highest BCUT2D eigenvalue weighted by molar-refractivity contribution is 9.10. The molecule has 3 nitrogen and oxygen atoms in total. The summed E-state index contributed by atoms with van der Waals surface area (Å²) in [7, 11) is 0. The molecule has 0 aliphatic rings. The van der Waals surface area contributed by atoms with E-state index in [0.29, 0.717) is 5.02 Å². The summed E-state index contributed by atoms with van der Waals surface area (Å²) in [6, 6.07) is 3.73. The van der Waals surface area contributed by atoms with E-state index in [1.54, 1.807) is 12.3 Å². The van der Waals surface area contributed by atoms with Crippen LogP contribution in [0.5, 0.6) is 0 Å². The molecule has 0 fully saturated rings. The Bertz CT molecular complexity index is 528. The lowest BCUT2D eigenvalue weighted by molar-refractivity contribution is 1.32. The molecule has 0 saturated heterocycles. The summed E-state index contributed by atoms with van der Waals surface area (Å²) < 4.78 is 0.913. The highest BCUT2D eigenvalue weighted by Gasteiger charge is 2.10. The van der Waals surface area contributed by atoms with Crippen LogP contribution in [0.4, 0.5) is 5.69 Å². The highest BCUT2D eigenvalue weighted by Crippen LogP contribution is 2.35. The number of pyridine rings is 1. The van der Waals surface area contributed by atoms with E-state index >= 15 is 0 Å². The molecule has 1 aromatic carbocycles. The number of hydrogen-bond donors (Lipinski definition) is 2. The number of hydrazine groups is 1. The maximum absolute atomic E-state index is 6.23. The quantitative estimate of drug-likeness (QED) is 0.625. The van der Waals surface area contributed by atoms with Gasteiger partial charge in [-0.25, -0.2) is 0 Å². The molecule has 0 spiro atoms. The Labute approximate surface area is 101 Å². The van der Waals surface area contributed by atoms with Gasteiger partial charge in [0.25, 0.3) is 0 Å². The maximum atomic E-state index is 6.23. The molecule has 0 aliphatic carbocycles. The summed E-state index contributed by atoms with van der Waals surface area (Å²) in [5.41, 5.74) is 5.19. The largest absolute Gasteiger partial charge is 0.323 e. The van der Waals surface area contributed by atoms with Gasteiger partial charge in [-0.1, -0.05) is 11.6 Å². The minimum absolute atomic E-state index is 0.675. The van der Waals surface area contributed by atoms with Gasteiger partial charge in [0, 0.05) is 16.1 Å². The monoisotopic (exact) mass is 285 g/mol. The fourth-order valence-electron chi connectivity index (χ4n) is 1.50. The number of nitrogens with two attached hydrogens (primary N) is 1. The molecular weight excluding hydrogens is 277 g/mol. The molecule has 15 heavy (non-hydrogen) atoms. The van der Waals surface area contributed by atoms with Crippen LogP contribution in [0.3, 0.4) is 0 Å². The standard InChI is InChI=1S/C10H9BrClN3/c1-5-4-6(11)10-8(9(5)12)7(15-13)2-3-14-10/h2-4H,13H2,1H3,(H,14,15). The minimum atomic E-state index is 0.675. The van der Waals surface area contributed by atoms with Crippen LogP contribution in [0.2, 0.25) is 5.02 Å². The van der Waals surface area contributed by atoms with E-state index in [9.17, 15) is 0 Å². The summed E-state index contributed by atoms with van der Waals surface area (Å²) in [5, 5.41) is 1.52. The Kier molecular flexibility index (Phi) is 2.82. The van der Waals surface area contributed by atoms with Crippen LogP contribution < -0.4 is 11.3 Å².